The van der Waals surface area contributed by atoms with E-state index < -0.39 is 0 Å². The van der Waals surface area contributed by atoms with Crippen LogP contribution in [0.15, 0.2) is 28.7 Å². The predicted octanol–water partition coefficient (Wildman–Crippen LogP) is 3.02. The van der Waals surface area contributed by atoms with Crippen LogP contribution in [0.1, 0.15) is 6.42 Å². The van der Waals surface area contributed by atoms with Crippen LogP contribution in [0, 0.1) is 0 Å². The largest absolute Gasteiger partial charge is 0.326 e. The van der Waals surface area contributed by atoms with E-state index in [0.29, 0.717) is 12.3 Å². The SMILES string of the molecule is O=C(CCCl)Nc1cccc(Br)c1. The van der Waals surface area contributed by atoms with E-state index in [-0.39, 0.29) is 5.91 Å². The van der Waals surface area contributed by atoms with E-state index in [1.54, 1.807) is 0 Å². The van der Waals surface area contributed by atoms with Gasteiger partial charge in [0, 0.05) is 22.5 Å². The van der Waals surface area contributed by atoms with Gasteiger partial charge in [-0.05, 0) is 18.2 Å². The van der Waals surface area contributed by atoms with Gasteiger partial charge >= 0.3 is 0 Å². The lowest BCUT2D eigenvalue weighted by molar-refractivity contribution is -0.115. The van der Waals surface area contributed by atoms with Crippen LogP contribution in [-0.4, -0.2) is 11.8 Å². The zero-order valence-electron chi connectivity index (χ0n) is 6.89. The normalized spacial score (nSPS) is 9.69. The first kappa shape index (κ1) is 10.5. The molecule has 1 aromatic carbocycles. The number of alkyl halides is 1. The molecule has 0 unspecified atom stereocenters. The van der Waals surface area contributed by atoms with Crippen LogP contribution in [-0.2, 0) is 4.79 Å². The Bertz CT molecular complexity index is 303. The number of halogens is 2. The number of carbonyl (C=O) groups excluding carboxylic acids is 1. The van der Waals surface area contributed by atoms with Crippen molar-refractivity contribution >= 4 is 39.1 Å². The number of carbonyl (C=O) groups is 1. The first-order valence-electron chi connectivity index (χ1n) is 3.84. The van der Waals surface area contributed by atoms with E-state index in [2.05, 4.69) is 21.2 Å². The number of amides is 1. The molecule has 1 amide bonds. The Morgan fingerprint density at radius 3 is 2.92 bits per heavy atom. The molecular formula is C9H9BrClNO. The van der Waals surface area contributed by atoms with E-state index in [4.69, 9.17) is 11.6 Å². The third kappa shape index (κ3) is 3.79. The van der Waals surface area contributed by atoms with E-state index in [1.165, 1.54) is 0 Å². The third-order valence-corrected chi connectivity index (χ3v) is 2.11. The summed E-state index contributed by atoms with van der Waals surface area (Å²) in [5.41, 5.74) is 0.782. The summed E-state index contributed by atoms with van der Waals surface area (Å²) in [6.45, 7) is 0. The summed E-state index contributed by atoms with van der Waals surface area (Å²) < 4.78 is 0.941. The first-order chi connectivity index (χ1) is 6.22. The molecule has 1 aromatic rings. The summed E-state index contributed by atoms with van der Waals surface area (Å²) in [5.74, 6) is 0.285. The Hall–Kier alpha value is -0.540. The summed E-state index contributed by atoms with van der Waals surface area (Å²) in [6, 6.07) is 7.43. The average Bonchev–Trinajstić information content (AvgIpc) is 2.04. The molecular weight excluding hydrogens is 253 g/mol. The summed E-state index contributed by atoms with van der Waals surface area (Å²) in [6.07, 6.45) is 0.341. The lowest BCUT2D eigenvalue weighted by Crippen LogP contribution is -2.11. The van der Waals surface area contributed by atoms with Crippen LogP contribution in [0.5, 0.6) is 0 Å². The van der Waals surface area contributed by atoms with Gasteiger partial charge in [0.2, 0.25) is 5.91 Å². The molecule has 0 heterocycles. The molecule has 1 N–H and O–H groups in total. The molecule has 0 radical (unpaired) electrons. The van der Waals surface area contributed by atoms with Gasteiger partial charge in [-0.3, -0.25) is 4.79 Å². The number of hydrogen-bond acceptors (Lipinski definition) is 1. The molecule has 0 saturated heterocycles. The van der Waals surface area contributed by atoms with Crippen LogP contribution >= 0.6 is 27.5 Å². The quantitative estimate of drug-likeness (QED) is 0.834. The lowest BCUT2D eigenvalue weighted by atomic mass is 10.3. The Kier molecular flexibility index (Phi) is 4.25. The van der Waals surface area contributed by atoms with Crippen molar-refractivity contribution in [2.24, 2.45) is 0 Å². The molecule has 1 rings (SSSR count). The first-order valence-corrected chi connectivity index (χ1v) is 5.16. The highest BCUT2D eigenvalue weighted by molar-refractivity contribution is 9.10. The van der Waals surface area contributed by atoms with Gasteiger partial charge in [0.1, 0.15) is 0 Å². The number of anilines is 1. The molecule has 4 heteroatoms. The fourth-order valence-electron chi connectivity index (χ4n) is 0.876. The maximum Gasteiger partial charge on any atom is 0.225 e. The number of nitrogens with one attached hydrogen (secondary N) is 1. The van der Waals surface area contributed by atoms with E-state index in [9.17, 15) is 4.79 Å². The van der Waals surface area contributed by atoms with Gasteiger partial charge in [0.25, 0.3) is 0 Å². The zero-order chi connectivity index (χ0) is 9.68. The van der Waals surface area contributed by atoms with E-state index >= 15 is 0 Å². The molecule has 0 atom stereocenters. The second-order valence-corrected chi connectivity index (χ2v) is 3.79. The maximum absolute atomic E-state index is 11.1. The standard InChI is InChI=1S/C9H9BrClNO/c10-7-2-1-3-8(6-7)12-9(13)4-5-11/h1-3,6H,4-5H2,(H,12,13). The summed E-state index contributed by atoms with van der Waals surface area (Å²) in [5, 5.41) is 2.73. The van der Waals surface area contributed by atoms with Crippen LogP contribution in [0.3, 0.4) is 0 Å². The topological polar surface area (TPSA) is 29.1 Å². The lowest BCUT2D eigenvalue weighted by Gasteiger charge is -2.03. The van der Waals surface area contributed by atoms with Gasteiger partial charge in [-0.2, -0.15) is 0 Å². The maximum atomic E-state index is 11.1. The second kappa shape index (κ2) is 5.25. The molecule has 13 heavy (non-hydrogen) atoms. The Balaban J connectivity index is 2.58. The third-order valence-electron chi connectivity index (χ3n) is 1.43. The van der Waals surface area contributed by atoms with Gasteiger partial charge in [-0.1, -0.05) is 22.0 Å². The summed E-state index contributed by atoms with van der Waals surface area (Å²) >= 11 is 8.74. The average molecular weight is 263 g/mol. The van der Waals surface area contributed by atoms with Crippen molar-refractivity contribution < 1.29 is 4.79 Å². The molecule has 70 valence electrons. The number of rotatable bonds is 3. The van der Waals surface area contributed by atoms with Crippen LogP contribution in [0.25, 0.3) is 0 Å². The van der Waals surface area contributed by atoms with Gasteiger partial charge in [0.05, 0.1) is 0 Å². The fourth-order valence-corrected chi connectivity index (χ4v) is 1.45. The summed E-state index contributed by atoms with van der Waals surface area (Å²) in [7, 11) is 0. The van der Waals surface area contributed by atoms with Crippen LogP contribution in [0.4, 0.5) is 5.69 Å². The number of benzene rings is 1. The molecule has 0 aliphatic carbocycles. The minimum Gasteiger partial charge on any atom is -0.326 e. The molecule has 0 spiro atoms. The van der Waals surface area contributed by atoms with Crippen molar-refractivity contribution in [3.8, 4) is 0 Å². The van der Waals surface area contributed by atoms with Crippen molar-refractivity contribution in [3.05, 3.63) is 28.7 Å². The fraction of sp³-hybridized carbons (Fsp3) is 0.222. The zero-order valence-corrected chi connectivity index (χ0v) is 9.23. The van der Waals surface area contributed by atoms with Gasteiger partial charge in [0.15, 0.2) is 0 Å². The molecule has 0 aliphatic rings. The highest BCUT2D eigenvalue weighted by atomic mass is 79.9. The van der Waals surface area contributed by atoms with Gasteiger partial charge in [-0.25, -0.2) is 0 Å². The predicted molar refractivity (Wildman–Crippen MR) is 58.1 cm³/mol. The Morgan fingerprint density at radius 1 is 1.54 bits per heavy atom. The molecule has 0 bridgehead atoms. The molecule has 0 saturated carbocycles. The van der Waals surface area contributed by atoms with Crippen molar-refractivity contribution in [1.29, 1.82) is 0 Å². The molecule has 0 aromatic heterocycles. The Morgan fingerprint density at radius 2 is 2.31 bits per heavy atom. The molecule has 0 aliphatic heterocycles. The summed E-state index contributed by atoms with van der Waals surface area (Å²) in [4.78, 5) is 11.1. The monoisotopic (exact) mass is 261 g/mol. The second-order valence-electron chi connectivity index (χ2n) is 2.50. The van der Waals surface area contributed by atoms with Gasteiger partial charge < -0.3 is 5.32 Å². The van der Waals surface area contributed by atoms with Gasteiger partial charge in [-0.15, -0.1) is 11.6 Å². The van der Waals surface area contributed by atoms with Crippen LogP contribution in [0.2, 0.25) is 0 Å². The number of hydrogen-bond donors (Lipinski definition) is 1. The van der Waals surface area contributed by atoms with Crippen molar-refractivity contribution in [3.63, 3.8) is 0 Å². The molecule has 0 fully saturated rings. The minimum absolute atomic E-state index is 0.0619. The minimum atomic E-state index is -0.0619. The highest BCUT2D eigenvalue weighted by Gasteiger charge is 2.00. The smallest absolute Gasteiger partial charge is 0.225 e. The van der Waals surface area contributed by atoms with E-state index in [1.807, 2.05) is 24.3 Å². The van der Waals surface area contributed by atoms with Crippen molar-refractivity contribution in [2.45, 2.75) is 6.42 Å². The molecule has 2 nitrogen and oxygen atoms in total. The van der Waals surface area contributed by atoms with Crippen LogP contribution < -0.4 is 5.32 Å². The van der Waals surface area contributed by atoms with Crippen molar-refractivity contribution in [2.75, 3.05) is 11.2 Å². The Labute approximate surface area is 90.4 Å². The van der Waals surface area contributed by atoms with Crippen molar-refractivity contribution in [1.82, 2.24) is 0 Å². The van der Waals surface area contributed by atoms with E-state index in [0.717, 1.165) is 10.2 Å². The highest BCUT2D eigenvalue weighted by Crippen LogP contribution is 2.15.